The minimum Gasteiger partial charge on any atom is -0.486 e. The van der Waals surface area contributed by atoms with Crippen molar-refractivity contribution in [2.75, 3.05) is 13.2 Å². The lowest BCUT2D eigenvalue weighted by Gasteiger charge is -2.19. The lowest BCUT2D eigenvalue weighted by molar-refractivity contribution is 0.0433. The molecule has 21 heavy (non-hydrogen) atoms. The molecule has 0 atom stereocenters. The van der Waals surface area contributed by atoms with E-state index in [2.05, 4.69) is 31.9 Å². The zero-order valence-electron chi connectivity index (χ0n) is 10.7. The Morgan fingerprint density at radius 3 is 2.52 bits per heavy atom. The molecule has 2 heterocycles. The zero-order chi connectivity index (χ0) is 14.8. The molecule has 3 rings (SSSR count). The van der Waals surface area contributed by atoms with Crippen LogP contribution in [0.1, 0.15) is 16.1 Å². The Hall–Kier alpha value is -1.47. The molecule has 0 spiro atoms. The maximum absolute atomic E-state index is 11.8. The highest BCUT2D eigenvalue weighted by Gasteiger charge is 2.17. The SMILES string of the molecule is O=C(OCc1cc2c(cc1Br)OCCO2)c1ccc(Br)o1. The number of esters is 1. The van der Waals surface area contributed by atoms with Crippen LogP contribution in [-0.2, 0) is 11.3 Å². The van der Waals surface area contributed by atoms with Crippen LogP contribution in [0.2, 0.25) is 0 Å². The summed E-state index contributed by atoms with van der Waals surface area (Å²) in [6.45, 7) is 1.14. The Kier molecular flexibility index (Phi) is 4.21. The van der Waals surface area contributed by atoms with Gasteiger partial charge in [-0.2, -0.15) is 0 Å². The third-order valence-corrected chi connectivity index (χ3v) is 4.01. The molecular weight excluding hydrogens is 408 g/mol. The van der Waals surface area contributed by atoms with Gasteiger partial charge in [0.1, 0.15) is 19.8 Å². The first-order valence-electron chi connectivity index (χ1n) is 6.14. The monoisotopic (exact) mass is 416 g/mol. The van der Waals surface area contributed by atoms with Crippen LogP contribution in [0.3, 0.4) is 0 Å². The summed E-state index contributed by atoms with van der Waals surface area (Å²) in [5.41, 5.74) is 0.790. The van der Waals surface area contributed by atoms with Crippen molar-refractivity contribution < 1.29 is 23.4 Å². The molecule has 7 heteroatoms. The van der Waals surface area contributed by atoms with Gasteiger partial charge in [0.2, 0.25) is 5.76 Å². The Bertz CT molecular complexity index is 680. The molecule has 0 radical (unpaired) electrons. The molecule has 5 nitrogen and oxygen atoms in total. The highest BCUT2D eigenvalue weighted by molar-refractivity contribution is 9.10. The summed E-state index contributed by atoms with van der Waals surface area (Å²) >= 11 is 6.56. The molecule has 1 aliphatic heterocycles. The summed E-state index contributed by atoms with van der Waals surface area (Å²) in [6.07, 6.45) is 0. The van der Waals surface area contributed by atoms with E-state index in [1.807, 2.05) is 0 Å². The molecule has 0 amide bonds. The van der Waals surface area contributed by atoms with E-state index in [9.17, 15) is 4.79 Å². The molecule has 0 bridgehead atoms. The van der Waals surface area contributed by atoms with Crippen LogP contribution >= 0.6 is 31.9 Å². The minimum atomic E-state index is -0.525. The molecule has 0 unspecified atom stereocenters. The number of rotatable bonds is 3. The smallest absolute Gasteiger partial charge is 0.374 e. The Morgan fingerprint density at radius 2 is 1.86 bits per heavy atom. The Labute approximate surface area is 137 Å². The molecule has 0 N–H and O–H groups in total. The molecule has 0 fully saturated rings. The number of carbonyl (C=O) groups excluding carboxylic acids is 1. The van der Waals surface area contributed by atoms with Gasteiger partial charge in [0, 0.05) is 10.0 Å². The van der Waals surface area contributed by atoms with Crippen LogP contribution in [0.5, 0.6) is 11.5 Å². The highest BCUT2D eigenvalue weighted by Crippen LogP contribution is 2.35. The largest absolute Gasteiger partial charge is 0.486 e. The number of carbonyl (C=O) groups is 1. The molecule has 1 aliphatic rings. The van der Waals surface area contributed by atoms with Crippen molar-refractivity contribution in [2.45, 2.75) is 6.61 Å². The second-order valence-corrected chi connectivity index (χ2v) is 5.90. The van der Waals surface area contributed by atoms with Gasteiger partial charge in [0.15, 0.2) is 16.2 Å². The number of ether oxygens (including phenoxy) is 3. The number of furan rings is 1. The van der Waals surface area contributed by atoms with E-state index in [0.29, 0.717) is 29.4 Å². The molecule has 0 aliphatic carbocycles. The van der Waals surface area contributed by atoms with Crippen molar-refractivity contribution in [2.24, 2.45) is 0 Å². The van der Waals surface area contributed by atoms with Gasteiger partial charge in [-0.15, -0.1) is 0 Å². The van der Waals surface area contributed by atoms with Crippen LogP contribution in [0.4, 0.5) is 0 Å². The van der Waals surface area contributed by atoms with Crippen LogP contribution < -0.4 is 9.47 Å². The quantitative estimate of drug-likeness (QED) is 0.708. The van der Waals surface area contributed by atoms with E-state index in [4.69, 9.17) is 18.6 Å². The molecule has 1 aromatic carbocycles. The Morgan fingerprint density at radius 1 is 1.14 bits per heavy atom. The Balaban J connectivity index is 1.71. The lowest BCUT2D eigenvalue weighted by Crippen LogP contribution is -2.15. The van der Waals surface area contributed by atoms with Crippen molar-refractivity contribution in [1.29, 1.82) is 0 Å². The standard InChI is InChI=1S/C14H10Br2O5/c15-9-6-12-11(18-3-4-19-12)5-8(9)7-20-14(17)10-1-2-13(16)21-10/h1-2,5-6H,3-4,7H2. The predicted molar refractivity (Wildman–Crippen MR) is 80.7 cm³/mol. The summed E-state index contributed by atoms with van der Waals surface area (Å²) in [5, 5.41) is 0. The number of fused-ring (bicyclic) bond motifs is 1. The number of benzene rings is 1. The molecule has 2 aromatic rings. The van der Waals surface area contributed by atoms with Crippen molar-refractivity contribution in [3.05, 3.63) is 44.7 Å². The zero-order valence-corrected chi connectivity index (χ0v) is 13.9. The third kappa shape index (κ3) is 3.24. The van der Waals surface area contributed by atoms with E-state index in [-0.39, 0.29) is 12.4 Å². The van der Waals surface area contributed by atoms with E-state index in [0.717, 1.165) is 10.0 Å². The van der Waals surface area contributed by atoms with Gasteiger partial charge < -0.3 is 18.6 Å². The van der Waals surface area contributed by atoms with Crippen LogP contribution in [-0.4, -0.2) is 19.2 Å². The summed E-state index contributed by atoms with van der Waals surface area (Å²) in [6, 6.07) is 6.78. The van der Waals surface area contributed by atoms with Crippen LogP contribution in [0.25, 0.3) is 0 Å². The number of hydrogen-bond donors (Lipinski definition) is 0. The third-order valence-electron chi connectivity index (χ3n) is 2.84. The molecule has 0 saturated carbocycles. The molecular formula is C14H10Br2O5. The minimum absolute atomic E-state index is 0.106. The molecule has 1 aromatic heterocycles. The average molecular weight is 418 g/mol. The number of hydrogen-bond acceptors (Lipinski definition) is 5. The second kappa shape index (κ2) is 6.11. The van der Waals surface area contributed by atoms with E-state index in [1.54, 1.807) is 24.3 Å². The fourth-order valence-electron chi connectivity index (χ4n) is 1.86. The van der Waals surface area contributed by atoms with E-state index in [1.165, 1.54) is 0 Å². The van der Waals surface area contributed by atoms with Crippen LogP contribution in [0, 0.1) is 0 Å². The number of halogens is 2. The van der Waals surface area contributed by atoms with Gasteiger partial charge in [-0.05, 0) is 40.2 Å². The van der Waals surface area contributed by atoms with E-state index < -0.39 is 5.97 Å². The van der Waals surface area contributed by atoms with Gasteiger partial charge in [0.25, 0.3) is 0 Å². The predicted octanol–water partition coefficient (Wildman–Crippen LogP) is 3.93. The highest BCUT2D eigenvalue weighted by atomic mass is 79.9. The van der Waals surface area contributed by atoms with E-state index >= 15 is 0 Å². The maximum Gasteiger partial charge on any atom is 0.374 e. The van der Waals surface area contributed by atoms with Crippen molar-refractivity contribution in [1.82, 2.24) is 0 Å². The summed E-state index contributed by atoms with van der Waals surface area (Å²) in [4.78, 5) is 11.8. The van der Waals surface area contributed by atoms with Gasteiger partial charge in [-0.25, -0.2) is 4.79 Å². The first-order chi connectivity index (χ1) is 10.1. The average Bonchev–Trinajstić information content (AvgIpc) is 2.91. The molecule has 110 valence electrons. The normalized spacial score (nSPS) is 13.0. The summed E-state index contributed by atoms with van der Waals surface area (Å²) in [5.74, 6) is 0.951. The van der Waals surface area contributed by atoms with Gasteiger partial charge >= 0.3 is 5.97 Å². The fourth-order valence-corrected chi connectivity index (χ4v) is 2.60. The van der Waals surface area contributed by atoms with Gasteiger partial charge in [-0.1, -0.05) is 15.9 Å². The molecule has 0 saturated heterocycles. The van der Waals surface area contributed by atoms with Gasteiger partial charge in [0.05, 0.1) is 0 Å². The lowest BCUT2D eigenvalue weighted by atomic mass is 10.2. The van der Waals surface area contributed by atoms with Crippen molar-refractivity contribution in [3.63, 3.8) is 0 Å². The second-order valence-electron chi connectivity index (χ2n) is 4.27. The first-order valence-corrected chi connectivity index (χ1v) is 7.72. The van der Waals surface area contributed by atoms with Crippen molar-refractivity contribution in [3.8, 4) is 11.5 Å². The van der Waals surface area contributed by atoms with Crippen molar-refractivity contribution >= 4 is 37.8 Å². The summed E-state index contributed by atoms with van der Waals surface area (Å²) < 4.78 is 22.6. The van der Waals surface area contributed by atoms with Crippen LogP contribution in [0.15, 0.2) is 37.8 Å². The van der Waals surface area contributed by atoms with Gasteiger partial charge in [-0.3, -0.25) is 0 Å². The summed E-state index contributed by atoms with van der Waals surface area (Å²) in [7, 11) is 0. The maximum atomic E-state index is 11.8. The topological polar surface area (TPSA) is 57.9 Å². The first kappa shape index (κ1) is 14.5. The fraction of sp³-hybridized carbons (Fsp3) is 0.214.